The van der Waals surface area contributed by atoms with Gasteiger partial charge in [-0.2, -0.15) is 4.31 Å². The Morgan fingerprint density at radius 3 is 2.29 bits per heavy atom. The molecule has 10 heteroatoms. The second-order valence-electron chi connectivity index (χ2n) is 6.05. The average molecular weight is 423 g/mol. The first kappa shape index (κ1) is 18.6. The Labute approximate surface area is 165 Å². The average Bonchev–Trinajstić information content (AvgIpc) is 3.34. The summed E-state index contributed by atoms with van der Waals surface area (Å²) in [7, 11) is -4.04. The highest BCUT2D eigenvalue weighted by Crippen LogP contribution is 2.37. The van der Waals surface area contributed by atoms with Gasteiger partial charge in [-0.3, -0.25) is 4.79 Å². The maximum absolute atomic E-state index is 13.4. The van der Waals surface area contributed by atoms with Crippen molar-refractivity contribution in [2.45, 2.75) is 18.0 Å². The quantitative estimate of drug-likeness (QED) is 0.654. The molecular formula is C18H15ClN2O6S. The molecule has 3 aromatic rings. The third-order valence-corrected chi connectivity index (χ3v) is 6.37. The van der Waals surface area contributed by atoms with Gasteiger partial charge in [-0.05, 0) is 30.3 Å². The molecule has 0 aliphatic carbocycles. The van der Waals surface area contributed by atoms with Gasteiger partial charge < -0.3 is 18.9 Å². The van der Waals surface area contributed by atoms with Crippen molar-refractivity contribution < 1.29 is 26.8 Å². The molecule has 8 nitrogen and oxygen atoms in total. The number of fused-ring (bicyclic) bond motifs is 1. The van der Waals surface area contributed by atoms with E-state index in [9.17, 15) is 13.2 Å². The van der Waals surface area contributed by atoms with Gasteiger partial charge in [0.2, 0.25) is 10.0 Å². The van der Waals surface area contributed by atoms with Crippen molar-refractivity contribution in [3.63, 3.8) is 0 Å². The predicted molar refractivity (Wildman–Crippen MR) is 99.4 cm³/mol. The van der Waals surface area contributed by atoms with Gasteiger partial charge in [0.25, 0.3) is 5.91 Å². The summed E-state index contributed by atoms with van der Waals surface area (Å²) in [6, 6.07) is 9.38. The standard InChI is InChI=1S/C18H15ClN2O6S/c19-14-7-15-16(27-11-18(22)20-15)8-17(14)28(23,24)21(9-12-3-1-5-25-12)10-13-4-2-6-26-13/h1-8H,9-11H2,(H,20,22). The summed E-state index contributed by atoms with van der Waals surface area (Å²) in [5.41, 5.74) is 0.323. The molecule has 4 rings (SSSR count). The third kappa shape index (κ3) is 3.64. The van der Waals surface area contributed by atoms with E-state index in [0.717, 1.165) is 0 Å². The SMILES string of the molecule is O=C1COc2cc(S(=O)(=O)N(Cc3ccco3)Cc3ccco3)c(Cl)cc2N1. The number of hydrogen-bond donors (Lipinski definition) is 1. The van der Waals surface area contributed by atoms with Gasteiger partial charge in [-0.25, -0.2) is 8.42 Å². The Bertz CT molecular complexity index is 1060. The zero-order valence-corrected chi connectivity index (χ0v) is 16.0. The van der Waals surface area contributed by atoms with Crippen molar-refractivity contribution >= 4 is 33.2 Å². The lowest BCUT2D eigenvalue weighted by Gasteiger charge is -2.23. The number of amides is 1. The van der Waals surface area contributed by atoms with E-state index in [2.05, 4.69) is 5.32 Å². The molecule has 3 heterocycles. The van der Waals surface area contributed by atoms with Crippen LogP contribution in [0.5, 0.6) is 5.75 Å². The number of ether oxygens (including phenoxy) is 1. The number of hydrogen-bond acceptors (Lipinski definition) is 6. The van der Waals surface area contributed by atoms with Gasteiger partial charge >= 0.3 is 0 Å². The van der Waals surface area contributed by atoms with Crippen molar-refractivity contribution in [1.82, 2.24) is 4.31 Å². The van der Waals surface area contributed by atoms with Crippen LogP contribution in [0.15, 0.2) is 62.7 Å². The van der Waals surface area contributed by atoms with Crippen molar-refractivity contribution in [3.05, 3.63) is 65.5 Å². The minimum Gasteiger partial charge on any atom is -0.482 e. The van der Waals surface area contributed by atoms with Crippen molar-refractivity contribution in [3.8, 4) is 5.75 Å². The van der Waals surface area contributed by atoms with Crippen LogP contribution in [0.4, 0.5) is 5.69 Å². The molecule has 0 atom stereocenters. The minimum absolute atomic E-state index is 0.0129. The second kappa shape index (κ2) is 7.34. The molecule has 0 fully saturated rings. The van der Waals surface area contributed by atoms with E-state index in [0.29, 0.717) is 17.2 Å². The number of carbonyl (C=O) groups excluding carboxylic acids is 1. The van der Waals surface area contributed by atoms with Crippen LogP contribution in [0.25, 0.3) is 0 Å². The first-order valence-electron chi connectivity index (χ1n) is 8.24. The number of carbonyl (C=O) groups is 1. The topological polar surface area (TPSA) is 102 Å². The number of nitrogens with zero attached hydrogens (tertiary/aromatic N) is 1. The fourth-order valence-corrected chi connectivity index (χ4v) is 4.69. The van der Waals surface area contributed by atoms with E-state index in [-0.39, 0.29) is 41.3 Å². The highest BCUT2D eigenvalue weighted by Gasteiger charge is 2.31. The van der Waals surface area contributed by atoms with Crippen LogP contribution in [0.2, 0.25) is 5.02 Å². The Kier molecular flexibility index (Phi) is 4.88. The monoisotopic (exact) mass is 422 g/mol. The predicted octanol–water partition coefficient (Wildman–Crippen LogP) is 3.25. The van der Waals surface area contributed by atoms with Gasteiger partial charge in [0.05, 0.1) is 36.3 Å². The molecule has 0 saturated heterocycles. The molecule has 1 N–H and O–H groups in total. The normalized spacial score (nSPS) is 13.9. The summed E-state index contributed by atoms with van der Waals surface area (Å²) >= 11 is 6.24. The molecule has 0 bridgehead atoms. The molecule has 1 amide bonds. The Morgan fingerprint density at radius 2 is 1.71 bits per heavy atom. The second-order valence-corrected chi connectivity index (χ2v) is 8.36. The molecule has 0 radical (unpaired) electrons. The zero-order valence-electron chi connectivity index (χ0n) is 14.4. The lowest BCUT2D eigenvalue weighted by molar-refractivity contribution is -0.118. The maximum Gasteiger partial charge on any atom is 0.262 e. The number of anilines is 1. The maximum atomic E-state index is 13.4. The molecular weight excluding hydrogens is 408 g/mol. The molecule has 0 unspecified atom stereocenters. The first-order valence-corrected chi connectivity index (χ1v) is 10.1. The lowest BCUT2D eigenvalue weighted by Crippen LogP contribution is -2.31. The number of halogens is 1. The Morgan fingerprint density at radius 1 is 1.07 bits per heavy atom. The molecule has 1 aromatic carbocycles. The number of furan rings is 2. The van der Waals surface area contributed by atoms with E-state index in [1.165, 1.54) is 29.0 Å². The fraction of sp³-hybridized carbons (Fsp3) is 0.167. The largest absolute Gasteiger partial charge is 0.482 e. The molecule has 28 heavy (non-hydrogen) atoms. The minimum atomic E-state index is -4.04. The van der Waals surface area contributed by atoms with Gasteiger partial charge in [0.1, 0.15) is 22.2 Å². The van der Waals surface area contributed by atoms with Crippen LogP contribution < -0.4 is 10.1 Å². The van der Waals surface area contributed by atoms with Gasteiger partial charge in [0, 0.05) is 6.07 Å². The summed E-state index contributed by atoms with van der Waals surface area (Å²) in [4.78, 5) is 11.3. The van der Waals surface area contributed by atoms with Crippen LogP contribution in [0, 0.1) is 0 Å². The van der Waals surface area contributed by atoms with Crippen LogP contribution in [-0.2, 0) is 27.9 Å². The number of sulfonamides is 1. The van der Waals surface area contributed by atoms with Crippen LogP contribution in [0.1, 0.15) is 11.5 Å². The van der Waals surface area contributed by atoms with Crippen LogP contribution in [0.3, 0.4) is 0 Å². The third-order valence-electron chi connectivity index (χ3n) is 4.11. The van der Waals surface area contributed by atoms with E-state index < -0.39 is 10.0 Å². The van der Waals surface area contributed by atoms with Crippen LogP contribution >= 0.6 is 11.6 Å². The van der Waals surface area contributed by atoms with Gasteiger partial charge in [-0.15, -0.1) is 0 Å². The van der Waals surface area contributed by atoms with Crippen molar-refractivity contribution in [2.24, 2.45) is 0 Å². The van der Waals surface area contributed by atoms with Crippen LogP contribution in [-0.4, -0.2) is 25.2 Å². The van der Waals surface area contributed by atoms with E-state index in [1.54, 1.807) is 24.3 Å². The first-order chi connectivity index (χ1) is 13.4. The fourth-order valence-electron chi connectivity index (χ4n) is 2.80. The van der Waals surface area contributed by atoms with Crippen molar-refractivity contribution in [1.29, 1.82) is 0 Å². The summed E-state index contributed by atoms with van der Waals surface area (Å²) in [5.74, 6) is 0.829. The highest BCUT2D eigenvalue weighted by molar-refractivity contribution is 7.89. The van der Waals surface area contributed by atoms with E-state index in [4.69, 9.17) is 25.2 Å². The van der Waals surface area contributed by atoms with Gasteiger partial charge in [0.15, 0.2) is 6.61 Å². The summed E-state index contributed by atoms with van der Waals surface area (Å²) in [5, 5.41) is 2.56. The molecule has 0 spiro atoms. The highest BCUT2D eigenvalue weighted by atomic mass is 35.5. The Balaban J connectivity index is 1.73. The van der Waals surface area contributed by atoms with E-state index in [1.807, 2.05) is 0 Å². The number of benzene rings is 1. The number of nitrogens with one attached hydrogen (secondary N) is 1. The van der Waals surface area contributed by atoms with Gasteiger partial charge in [-0.1, -0.05) is 11.6 Å². The molecule has 1 aliphatic heterocycles. The summed E-state index contributed by atoms with van der Waals surface area (Å²) in [6.45, 7) is -0.224. The smallest absolute Gasteiger partial charge is 0.262 e. The van der Waals surface area contributed by atoms with Crippen molar-refractivity contribution in [2.75, 3.05) is 11.9 Å². The summed E-state index contributed by atoms with van der Waals surface area (Å²) in [6.07, 6.45) is 2.94. The summed E-state index contributed by atoms with van der Waals surface area (Å²) < 4.78 is 43.9. The zero-order chi connectivity index (χ0) is 19.7. The lowest BCUT2D eigenvalue weighted by atomic mass is 10.2. The molecule has 146 valence electrons. The van der Waals surface area contributed by atoms with E-state index >= 15 is 0 Å². The number of rotatable bonds is 6. The molecule has 1 aliphatic rings. The molecule has 2 aromatic heterocycles. The molecule has 0 saturated carbocycles. The Hall–Kier alpha value is -2.75.